The molecule has 1 aromatic carbocycles. The molecule has 0 bridgehead atoms. The Morgan fingerprint density at radius 1 is 1.15 bits per heavy atom. The van der Waals surface area contributed by atoms with Crippen molar-refractivity contribution in [1.82, 2.24) is 14.9 Å². The number of nitrogens with one attached hydrogen (secondary N) is 1. The van der Waals surface area contributed by atoms with E-state index in [4.69, 9.17) is 14.5 Å². The maximum absolute atomic E-state index is 13.8. The van der Waals surface area contributed by atoms with Crippen LogP contribution >= 0.6 is 0 Å². The number of cyclic esters (lactones) is 1. The Kier molecular flexibility index (Phi) is 8.22. The zero-order valence-electron chi connectivity index (χ0n) is 25.2. The zero-order chi connectivity index (χ0) is 29.5. The number of amides is 1. The molecule has 1 N–H and O–H groups in total. The Balaban J connectivity index is 0.000000886. The van der Waals surface area contributed by atoms with E-state index < -0.39 is 11.6 Å². The van der Waals surface area contributed by atoms with E-state index in [0.29, 0.717) is 29.8 Å². The first-order valence-electron chi connectivity index (χ1n) is 14.4. The number of aryl methyl sites for hydroxylation is 2. The average molecular weight is 548 g/mol. The minimum Gasteiger partial charge on any atom is -0.458 e. The molecule has 40 heavy (non-hydrogen) atoms. The number of hydrogen-bond donors (Lipinski definition) is 1. The Morgan fingerprint density at radius 2 is 1.85 bits per heavy atom. The third kappa shape index (κ3) is 4.15. The van der Waals surface area contributed by atoms with E-state index >= 15 is 0 Å². The minimum absolute atomic E-state index is 0.0753. The lowest BCUT2D eigenvalue weighted by molar-refractivity contribution is -0.176. The smallest absolute Gasteiger partial charge is 0.343 e. The van der Waals surface area contributed by atoms with E-state index in [2.05, 4.69) is 25.2 Å². The SMILES string of the molecule is CC.CC.CCC1(OC)C(=O)OCc2c1cc1n(c2=O)Cc2c-1nc1cc(C)c(C)c3c1c2C(NC(C)=O)CC3. The van der Waals surface area contributed by atoms with Gasteiger partial charge < -0.3 is 19.4 Å². The number of esters is 1. The molecule has 0 spiro atoms. The summed E-state index contributed by atoms with van der Waals surface area (Å²) in [4.78, 5) is 43.8. The molecule has 2 aromatic heterocycles. The summed E-state index contributed by atoms with van der Waals surface area (Å²) in [5.41, 5.74) is 7.43. The van der Waals surface area contributed by atoms with Crippen LogP contribution in [0.1, 0.15) is 99.4 Å². The molecule has 3 aliphatic rings. The van der Waals surface area contributed by atoms with Crippen LogP contribution in [-0.2, 0) is 44.2 Å². The van der Waals surface area contributed by atoms with Crippen LogP contribution in [0.2, 0.25) is 0 Å². The fourth-order valence-corrected chi connectivity index (χ4v) is 6.45. The molecule has 1 aliphatic carbocycles. The number of fused-ring (bicyclic) bond motifs is 5. The highest BCUT2D eigenvalue weighted by Gasteiger charge is 2.47. The largest absolute Gasteiger partial charge is 0.458 e. The van der Waals surface area contributed by atoms with Crippen LogP contribution in [0.15, 0.2) is 16.9 Å². The van der Waals surface area contributed by atoms with Crippen molar-refractivity contribution in [3.63, 3.8) is 0 Å². The van der Waals surface area contributed by atoms with Gasteiger partial charge in [-0.1, -0.05) is 34.6 Å². The van der Waals surface area contributed by atoms with E-state index in [1.165, 1.54) is 30.7 Å². The number of nitrogens with zero attached hydrogens (tertiary/aromatic N) is 2. The minimum atomic E-state index is -1.32. The first kappa shape index (κ1) is 29.5. The summed E-state index contributed by atoms with van der Waals surface area (Å²) in [5, 5.41) is 4.23. The van der Waals surface area contributed by atoms with Crippen molar-refractivity contribution in [3.05, 3.63) is 61.4 Å². The molecule has 2 atom stereocenters. The summed E-state index contributed by atoms with van der Waals surface area (Å²) in [6.45, 7) is 15.9. The molecule has 8 heteroatoms. The first-order chi connectivity index (χ1) is 19.2. The molecule has 0 saturated carbocycles. The number of carbonyl (C=O) groups is 2. The number of pyridine rings is 2. The Labute approximate surface area is 236 Å². The van der Waals surface area contributed by atoms with Crippen LogP contribution in [0.3, 0.4) is 0 Å². The van der Waals surface area contributed by atoms with Crippen LogP contribution in [0.25, 0.3) is 22.3 Å². The lowest BCUT2D eigenvalue weighted by Crippen LogP contribution is -2.45. The van der Waals surface area contributed by atoms with Crippen molar-refractivity contribution in [1.29, 1.82) is 0 Å². The summed E-state index contributed by atoms with van der Waals surface area (Å²) >= 11 is 0. The Bertz CT molecular complexity index is 1570. The molecule has 0 radical (unpaired) electrons. The molecular formula is C32H41N3O5. The topological polar surface area (TPSA) is 99.5 Å². The van der Waals surface area contributed by atoms with Crippen molar-refractivity contribution in [2.45, 2.75) is 99.4 Å². The second-order valence-electron chi connectivity index (χ2n) is 10.1. The predicted molar refractivity (Wildman–Crippen MR) is 156 cm³/mol. The predicted octanol–water partition coefficient (Wildman–Crippen LogP) is 5.53. The van der Waals surface area contributed by atoms with Crippen molar-refractivity contribution in [2.75, 3.05) is 7.11 Å². The highest BCUT2D eigenvalue weighted by molar-refractivity contribution is 5.94. The maximum Gasteiger partial charge on any atom is 0.343 e. The van der Waals surface area contributed by atoms with Crippen LogP contribution in [0.4, 0.5) is 0 Å². The van der Waals surface area contributed by atoms with E-state index in [0.717, 1.165) is 40.6 Å². The van der Waals surface area contributed by atoms with Gasteiger partial charge in [0.05, 0.1) is 35.1 Å². The number of rotatable bonds is 3. The fraction of sp³-hybridized carbons (Fsp3) is 0.500. The number of ether oxygens (including phenoxy) is 2. The van der Waals surface area contributed by atoms with Gasteiger partial charge in [-0.2, -0.15) is 0 Å². The van der Waals surface area contributed by atoms with Gasteiger partial charge in [0.2, 0.25) is 5.91 Å². The molecular weight excluding hydrogens is 506 g/mol. The standard InChI is InChI=1S/C28H29N3O5.2C2H6/c1-6-28(35-5)19-10-22-25-17(11-31(22)26(33)18(19)12-36-27(28)34)24-20(29-15(4)32)8-7-16-14(3)13(2)9-21(30-25)23(16)24;2*1-2/h9-10,20H,6-8,11-12H2,1-5H3,(H,29,32);2*1-2H3. The third-order valence-corrected chi connectivity index (χ3v) is 8.39. The summed E-state index contributed by atoms with van der Waals surface area (Å²) in [6.07, 6.45) is 1.99. The van der Waals surface area contributed by atoms with Gasteiger partial charge in [0.15, 0.2) is 5.60 Å². The molecule has 1 amide bonds. The number of carbonyl (C=O) groups excluding carboxylic acids is 2. The van der Waals surface area contributed by atoms with E-state index in [1.54, 1.807) is 4.57 Å². The molecule has 8 nitrogen and oxygen atoms in total. The van der Waals surface area contributed by atoms with Crippen molar-refractivity contribution in [2.24, 2.45) is 0 Å². The van der Waals surface area contributed by atoms with Gasteiger partial charge >= 0.3 is 5.97 Å². The lowest BCUT2D eigenvalue weighted by Gasteiger charge is -2.35. The summed E-state index contributed by atoms with van der Waals surface area (Å²) in [6, 6.07) is 3.82. The molecule has 2 unspecified atom stereocenters. The van der Waals surface area contributed by atoms with Gasteiger partial charge in [0, 0.05) is 30.5 Å². The molecule has 0 saturated heterocycles. The van der Waals surface area contributed by atoms with Gasteiger partial charge in [0.25, 0.3) is 5.56 Å². The van der Waals surface area contributed by atoms with Gasteiger partial charge in [-0.3, -0.25) is 9.59 Å². The van der Waals surface area contributed by atoms with Crippen LogP contribution in [0, 0.1) is 13.8 Å². The van der Waals surface area contributed by atoms with Gasteiger partial charge in [0.1, 0.15) is 6.61 Å². The second kappa shape index (κ2) is 11.2. The molecule has 0 fully saturated rings. The van der Waals surface area contributed by atoms with Gasteiger partial charge in [-0.05, 0) is 67.5 Å². The summed E-state index contributed by atoms with van der Waals surface area (Å²) in [7, 11) is 1.47. The highest BCUT2D eigenvalue weighted by atomic mass is 16.6. The number of benzene rings is 1. The lowest BCUT2D eigenvalue weighted by atomic mass is 9.80. The van der Waals surface area contributed by atoms with Gasteiger partial charge in [-0.15, -0.1) is 0 Å². The maximum atomic E-state index is 13.8. The fourth-order valence-electron chi connectivity index (χ4n) is 6.45. The Hall–Kier alpha value is -3.52. The monoisotopic (exact) mass is 547 g/mol. The Morgan fingerprint density at radius 3 is 2.48 bits per heavy atom. The molecule has 4 heterocycles. The first-order valence-corrected chi connectivity index (χ1v) is 14.4. The van der Waals surface area contributed by atoms with Crippen molar-refractivity contribution < 1.29 is 19.1 Å². The van der Waals surface area contributed by atoms with Crippen molar-refractivity contribution >= 4 is 22.8 Å². The quantitative estimate of drug-likeness (QED) is 0.339. The zero-order valence-corrected chi connectivity index (χ0v) is 25.2. The molecule has 214 valence electrons. The second-order valence-corrected chi connectivity index (χ2v) is 10.1. The van der Waals surface area contributed by atoms with Crippen LogP contribution in [-0.4, -0.2) is 28.5 Å². The summed E-state index contributed by atoms with van der Waals surface area (Å²) in [5.74, 6) is -0.566. The molecule has 2 aliphatic heterocycles. The van der Waals surface area contributed by atoms with Crippen LogP contribution < -0.4 is 10.9 Å². The van der Waals surface area contributed by atoms with Crippen molar-refractivity contribution in [3.8, 4) is 11.4 Å². The normalized spacial score (nSPS) is 19.7. The molecule has 6 rings (SSSR count). The molecule has 3 aromatic rings. The number of hydrogen-bond acceptors (Lipinski definition) is 6. The summed E-state index contributed by atoms with van der Waals surface area (Å²) < 4.78 is 12.8. The average Bonchev–Trinajstić information content (AvgIpc) is 3.33. The third-order valence-electron chi connectivity index (χ3n) is 8.39. The van der Waals surface area contributed by atoms with E-state index in [9.17, 15) is 14.4 Å². The number of aromatic nitrogens is 2. The number of methoxy groups -OCH3 is 1. The van der Waals surface area contributed by atoms with Gasteiger partial charge in [-0.25, -0.2) is 9.78 Å². The highest BCUT2D eigenvalue weighted by Crippen LogP contribution is 2.46. The van der Waals surface area contributed by atoms with E-state index in [-0.39, 0.29) is 24.1 Å². The van der Waals surface area contributed by atoms with E-state index in [1.807, 2.05) is 40.7 Å². The van der Waals surface area contributed by atoms with Crippen LogP contribution in [0.5, 0.6) is 0 Å².